The molecule has 0 aromatic heterocycles. The number of hydrogen-bond donors (Lipinski definition) is 1. The number of alkyl halides is 3. The summed E-state index contributed by atoms with van der Waals surface area (Å²) in [5, 5.41) is 3.28. The van der Waals surface area contributed by atoms with E-state index < -0.39 is 12.7 Å². The fourth-order valence-electron chi connectivity index (χ4n) is 2.14. The third kappa shape index (κ3) is 5.70. The van der Waals surface area contributed by atoms with Crippen molar-refractivity contribution >= 4 is 0 Å². The molecular weight excluding hydrogens is 217 g/mol. The minimum atomic E-state index is -4.07. The Hall–Kier alpha value is -0.290. The summed E-state index contributed by atoms with van der Waals surface area (Å²) in [5.41, 5.74) is 0. The molecule has 1 N–H and O–H groups in total. The monoisotopic (exact) mass is 238 g/mol. The van der Waals surface area contributed by atoms with Gasteiger partial charge in [0.15, 0.2) is 0 Å². The minimum absolute atomic E-state index is 0.472. The molecule has 1 rings (SSSR count). The lowest BCUT2D eigenvalue weighted by Crippen LogP contribution is -2.37. The fraction of sp³-hybridized carbons (Fsp3) is 1.00. The highest BCUT2D eigenvalue weighted by molar-refractivity contribution is 4.71. The van der Waals surface area contributed by atoms with Crippen LogP contribution >= 0.6 is 0 Å². The summed E-state index contributed by atoms with van der Waals surface area (Å²) in [5.74, 6) is 0.552. The molecule has 0 aromatic rings. The summed E-state index contributed by atoms with van der Waals surface area (Å²) < 4.78 is 36.6. The predicted molar refractivity (Wildman–Crippen MR) is 58.4 cm³/mol. The molecular formula is C11H21F3N2. The van der Waals surface area contributed by atoms with Crippen molar-refractivity contribution in [1.82, 2.24) is 10.2 Å². The van der Waals surface area contributed by atoms with Crippen LogP contribution in [0.2, 0.25) is 0 Å². The van der Waals surface area contributed by atoms with Crippen LogP contribution in [-0.4, -0.2) is 43.8 Å². The molecule has 16 heavy (non-hydrogen) atoms. The molecule has 0 aliphatic carbocycles. The second-order valence-corrected chi connectivity index (χ2v) is 4.48. The van der Waals surface area contributed by atoms with Crippen molar-refractivity contribution in [3.05, 3.63) is 0 Å². The standard InChI is InChI=1S/C11H21F3N2/c1-2-16(9-11(12,13)14)7-5-10-4-3-6-15-8-10/h10,15H,2-9H2,1H3. The first-order valence-corrected chi connectivity index (χ1v) is 6.01. The maximum absolute atomic E-state index is 12.2. The molecule has 5 heteroatoms. The molecule has 0 radical (unpaired) electrons. The summed E-state index contributed by atoms with van der Waals surface area (Å²) >= 11 is 0. The lowest BCUT2D eigenvalue weighted by Gasteiger charge is -2.27. The van der Waals surface area contributed by atoms with Crippen molar-refractivity contribution in [3.63, 3.8) is 0 Å². The van der Waals surface area contributed by atoms with Gasteiger partial charge in [0.05, 0.1) is 6.54 Å². The Kier molecular flexibility index (Phi) is 5.55. The smallest absolute Gasteiger partial charge is 0.316 e. The number of hydrogen-bond acceptors (Lipinski definition) is 2. The Morgan fingerprint density at radius 3 is 2.62 bits per heavy atom. The summed E-state index contributed by atoms with van der Waals surface area (Å²) in [4.78, 5) is 1.48. The van der Waals surface area contributed by atoms with Crippen LogP contribution in [0.3, 0.4) is 0 Å². The van der Waals surface area contributed by atoms with E-state index in [-0.39, 0.29) is 0 Å². The second-order valence-electron chi connectivity index (χ2n) is 4.48. The Morgan fingerprint density at radius 1 is 1.38 bits per heavy atom. The Labute approximate surface area is 95.2 Å². The first-order chi connectivity index (χ1) is 7.51. The molecule has 1 heterocycles. The van der Waals surface area contributed by atoms with Crippen molar-refractivity contribution in [2.24, 2.45) is 5.92 Å². The lowest BCUT2D eigenvalue weighted by molar-refractivity contribution is -0.145. The Bertz CT molecular complexity index is 188. The van der Waals surface area contributed by atoms with Crippen molar-refractivity contribution in [2.75, 3.05) is 32.7 Å². The molecule has 1 saturated heterocycles. The van der Waals surface area contributed by atoms with Gasteiger partial charge in [-0.1, -0.05) is 6.92 Å². The average Bonchev–Trinajstić information content (AvgIpc) is 2.24. The van der Waals surface area contributed by atoms with Gasteiger partial charge in [0.1, 0.15) is 0 Å². The van der Waals surface area contributed by atoms with Gasteiger partial charge >= 0.3 is 6.18 Å². The van der Waals surface area contributed by atoms with E-state index in [1.807, 2.05) is 0 Å². The molecule has 0 saturated carbocycles. The molecule has 1 aliphatic heterocycles. The van der Waals surface area contributed by atoms with Crippen LogP contribution < -0.4 is 5.32 Å². The third-order valence-electron chi connectivity index (χ3n) is 3.10. The lowest BCUT2D eigenvalue weighted by atomic mass is 9.96. The zero-order valence-corrected chi connectivity index (χ0v) is 9.82. The quantitative estimate of drug-likeness (QED) is 0.790. The van der Waals surface area contributed by atoms with Crippen molar-refractivity contribution in [3.8, 4) is 0 Å². The van der Waals surface area contributed by atoms with Gasteiger partial charge in [-0.25, -0.2) is 0 Å². The third-order valence-corrected chi connectivity index (χ3v) is 3.10. The highest BCUT2D eigenvalue weighted by Gasteiger charge is 2.30. The number of halogens is 3. The van der Waals surface area contributed by atoms with E-state index in [0.717, 1.165) is 32.4 Å². The SMILES string of the molecule is CCN(CCC1CCCNC1)CC(F)(F)F. The molecule has 0 bridgehead atoms. The summed E-state index contributed by atoms with van der Waals surface area (Å²) in [6.45, 7) is 4.05. The highest BCUT2D eigenvalue weighted by atomic mass is 19.4. The molecule has 1 unspecified atom stereocenters. The maximum Gasteiger partial charge on any atom is 0.401 e. The van der Waals surface area contributed by atoms with Gasteiger partial charge in [-0.2, -0.15) is 13.2 Å². The van der Waals surface area contributed by atoms with E-state index in [2.05, 4.69) is 5.32 Å². The highest BCUT2D eigenvalue weighted by Crippen LogP contribution is 2.18. The molecule has 0 spiro atoms. The second kappa shape index (κ2) is 6.45. The first kappa shape index (κ1) is 13.8. The van der Waals surface area contributed by atoms with Crippen LogP contribution in [-0.2, 0) is 0 Å². The number of nitrogens with one attached hydrogen (secondary N) is 1. The van der Waals surface area contributed by atoms with Gasteiger partial charge in [0, 0.05) is 0 Å². The van der Waals surface area contributed by atoms with E-state index in [4.69, 9.17) is 0 Å². The minimum Gasteiger partial charge on any atom is -0.316 e. The van der Waals surface area contributed by atoms with E-state index in [0.29, 0.717) is 19.0 Å². The predicted octanol–water partition coefficient (Wildman–Crippen LogP) is 2.26. The zero-order chi connectivity index (χ0) is 12.0. The van der Waals surface area contributed by atoms with E-state index in [1.165, 1.54) is 4.90 Å². The Balaban J connectivity index is 2.22. The Morgan fingerprint density at radius 2 is 2.12 bits per heavy atom. The number of piperidine rings is 1. The van der Waals surface area contributed by atoms with Gasteiger partial charge in [-0.05, 0) is 51.4 Å². The molecule has 1 fully saturated rings. The van der Waals surface area contributed by atoms with Crippen LogP contribution in [0, 0.1) is 5.92 Å². The van der Waals surface area contributed by atoms with Gasteiger partial charge in [-0.15, -0.1) is 0 Å². The van der Waals surface area contributed by atoms with Crippen molar-refractivity contribution in [1.29, 1.82) is 0 Å². The summed E-state index contributed by atoms with van der Waals surface area (Å²) in [6.07, 6.45) is -0.898. The summed E-state index contributed by atoms with van der Waals surface area (Å²) in [7, 11) is 0. The van der Waals surface area contributed by atoms with Crippen LogP contribution in [0.1, 0.15) is 26.2 Å². The average molecular weight is 238 g/mol. The molecule has 1 aliphatic rings. The number of nitrogens with zero attached hydrogens (tertiary/aromatic N) is 1. The largest absolute Gasteiger partial charge is 0.401 e. The zero-order valence-electron chi connectivity index (χ0n) is 9.82. The normalized spacial score (nSPS) is 22.7. The topological polar surface area (TPSA) is 15.3 Å². The molecule has 1 atom stereocenters. The molecule has 96 valence electrons. The van der Waals surface area contributed by atoms with Crippen LogP contribution in [0.25, 0.3) is 0 Å². The first-order valence-electron chi connectivity index (χ1n) is 6.01. The maximum atomic E-state index is 12.2. The molecule has 2 nitrogen and oxygen atoms in total. The molecule has 0 amide bonds. The van der Waals surface area contributed by atoms with E-state index >= 15 is 0 Å². The van der Waals surface area contributed by atoms with Gasteiger partial charge in [-0.3, -0.25) is 4.90 Å². The van der Waals surface area contributed by atoms with Crippen LogP contribution in [0.5, 0.6) is 0 Å². The van der Waals surface area contributed by atoms with Crippen LogP contribution in [0.4, 0.5) is 13.2 Å². The molecule has 0 aromatic carbocycles. The van der Waals surface area contributed by atoms with Gasteiger partial charge in [0.2, 0.25) is 0 Å². The van der Waals surface area contributed by atoms with Gasteiger partial charge in [0.25, 0.3) is 0 Å². The van der Waals surface area contributed by atoms with E-state index in [1.54, 1.807) is 6.92 Å². The van der Waals surface area contributed by atoms with Crippen molar-refractivity contribution in [2.45, 2.75) is 32.4 Å². The summed E-state index contributed by atoms with van der Waals surface area (Å²) in [6, 6.07) is 0. The van der Waals surface area contributed by atoms with Crippen molar-refractivity contribution < 1.29 is 13.2 Å². The fourth-order valence-corrected chi connectivity index (χ4v) is 2.14. The number of rotatable bonds is 5. The van der Waals surface area contributed by atoms with E-state index in [9.17, 15) is 13.2 Å². The van der Waals surface area contributed by atoms with Crippen LogP contribution in [0.15, 0.2) is 0 Å². The van der Waals surface area contributed by atoms with Gasteiger partial charge < -0.3 is 5.32 Å².